The Kier molecular flexibility index (Phi) is 48.0. The van der Waals surface area contributed by atoms with E-state index in [9.17, 15) is 15.0 Å². The molecule has 0 aliphatic rings. The first kappa shape index (κ1) is 65.0. The van der Waals surface area contributed by atoms with E-state index in [4.69, 9.17) is 18.9 Å². The normalized spacial score (nSPS) is 12.0. The van der Waals surface area contributed by atoms with Gasteiger partial charge in [0.25, 0.3) is 0 Å². The Morgan fingerprint density at radius 3 is 1.00 bits per heavy atom. The van der Waals surface area contributed by atoms with Crippen molar-refractivity contribution in [3.05, 3.63) is 17.2 Å². The van der Waals surface area contributed by atoms with E-state index in [1.165, 1.54) is 231 Å². The lowest BCUT2D eigenvalue weighted by Gasteiger charge is -2.23. The molecule has 406 valence electrons. The van der Waals surface area contributed by atoms with Crippen LogP contribution in [0.2, 0.25) is 0 Å². The zero-order chi connectivity index (χ0) is 49.9. The number of aromatic carboxylic acids is 1. The Morgan fingerprint density at radius 1 is 0.391 bits per heavy atom. The third kappa shape index (κ3) is 39.3. The van der Waals surface area contributed by atoms with Gasteiger partial charge in [0, 0.05) is 18.6 Å². The molecule has 0 radical (unpaired) electrons. The third-order valence-electron chi connectivity index (χ3n) is 14.2. The maximum Gasteiger partial charge on any atom is 0.336 e. The predicted octanol–water partition coefficient (Wildman–Crippen LogP) is 19.7. The fourth-order valence-electron chi connectivity index (χ4n) is 9.63. The predicted molar refractivity (Wildman–Crippen MR) is 296 cm³/mol. The molecule has 0 bridgehead atoms. The standard InChI is InChI=1S/C62H116O7/c1-5-9-13-16-19-22-25-28-31-34-37-40-43-46-50-67-59-54-58(62(64)65)57(53-56(63)55-66-49-12-8-4)60(68-51-47-44-41-38-35-32-29-26-23-20-17-14-10-6-2)61(59)69-52-48-45-42-39-36-33-30-27-24-21-18-15-11-7-3/h54,56,63H,5-53,55H2,1-4H3,(H,64,65). The summed E-state index contributed by atoms with van der Waals surface area (Å²) in [7, 11) is 0. The zero-order valence-corrected chi connectivity index (χ0v) is 46.4. The van der Waals surface area contributed by atoms with Crippen LogP contribution < -0.4 is 14.2 Å². The molecule has 1 unspecified atom stereocenters. The number of ether oxygens (including phenoxy) is 4. The van der Waals surface area contributed by atoms with Crippen LogP contribution in [0.5, 0.6) is 17.2 Å². The van der Waals surface area contributed by atoms with E-state index >= 15 is 0 Å². The van der Waals surface area contributed by atoms with Gasteiger partial charge in [0.2, 0.25) is 5.75 Å². The number of rotatable bonds is 56. The number of carbonyl (C=O) groups is 1. The minimum atomic E-state index is -1.05. The van der Waals surface area contributed by atoms with Gasteiger partial charge in [-0.25, -0.2) is 4.79 Å². The van der Waals surface area contributed by atoms with Crippen LogP contribution in [-0.4, -0.2) is 55.3 Å². The highest BCUT2D eigenvalue weighted by Crippen LogP contribution is 2.44. The van der Waals surface area contributed by atoms with Crippen molar-refractivity contribution in [3.63, 3.8) is 0 Å². The first-order valence-corrected chi connectivity index (χ1v) is 30.6. The average molecular weight is 974 g/mol. The van der Waals surface area contributed by atoms with Crippen molar-refractivity contribution in [2.75, 3.05) is 33.0 Å². The van der Waals surface area contributed by atoms with Crippen LogP contribution in [0.25, 0.3) is 0 Å². The minimum absolute atomic E-state index is 0.107. The van der Waals surface area contributed by atoms with Crippen molar-refractivity contribution in [3.8, 4) is 17.2 Å². The number of benzene rings is 1. The maximum atomic E-state index is 13.0. The minimum Gasteiger partial charge on any atom is -0.490 e. The Labute approximate surface area is 428 Å². The molecule has 1 aromatic rings. The fourth-order valence-corrected chi connectivity index (χ4v) is 9.63. The van der Waals surface area contributed by atoms with Gasteiger partial charge in [-0.1, -0.05) is 285 Å². The van der Waals surface area contributed by atoms with Crippen LogP contribution in [0.3, 0.4) is 0 Å². The number of carboxylic acids is 1. The van der Waals surface area contributed by atoms with E-state index < -0.39 is 12.1 Å². The summed E-state index contributed by atoms with van der Waals surface area (Å²) >= 11 is 0. The van der Waals surface area contributed by atoms with Crippen molar-refractivity contribution in [2.45, 2.75) is 323 Å². The molecule has 1 rings (SSSR count). The summed E-state index contributed by atoms with van der Waals surface area (Å²) in [4.78, 5) is 13.0. The van der Waals surface area contributed by atoms with Gasteiger partial charge < -0.3 is 29.2 Å². The summed E-state index contributed by atoms with van der Waals surface area (Å²) in [5, 5.41) is 21.8. The van der Waals surface area contributed by atoms with Gasteiger partial charge in [0.1, 0.15) is 0 Å². The second kappa shape index (κ2) is 50.9. The zero-order valence-electron chi connectivity index (χ0n) is 46.4. The summed E-state index contributed by atoms with van der Waals surface area (Å²) in [5.41, 5.74) is 0.581. The first-order chi connectivity index (χ1) is 34.0. The molecule has 0 aromatic heterocycles. The second-order valence-electron chi connectivity index (χ2n) is 21.0. The lowest BCUT2D eigenvalue weighted by molar-refractivity contribution is 0.0353. The van der Waals surface area contributed by atoms with Crippen LogP contribution in [-0.2, 0) is 11.2 Å². The highest BCUT2D eigenvalue weighted by Gasteiger charge is 2.27. The molecule has 1 atom stereocenters. The number of hydrogen-bond donors (Lipinski definition) is 2. The number of carboxylic acid groups (broad SMARTS) is 1. The van der Waals surface area contributed by atoms with Gasteiger partial charge in [-0.3, -0.25) is 0 Å². The molecule has 0 spiro atoms. The summed E-state index contributed by atoms with van der Waals surface area (Å²) < 4.78 is 25.5. The quantitative estimate of drug-likeness (QED) is 0.0628. The van der Waals surface area contributed by atoms with E-state index in [2.05, 4.69) is 27.7 Å². The lowest BCUT2D eigenvalue weighted by Crippen LogP contribution is -2.21. The fraction of sp³-hybridized carbons (Fsp3) is 0.887. The molecule has 69 heavy (non-hydrogen) atoms. The SMILES string of the molecule is CCCCCCCCCCCCCCCCOc1cc(C(=O)O)c(CC(O)COCCCC)c(OCCCCCCCCCCCCCCCC)c1OCCCCCCCCCCCCCCCC. The molecule has 7 nitrogen and oxygen atoms in total. The molecular formula is C62H116O7. The van der Waals surface area contributed by atoms with Crippen LogP contribution in [0.1, 0.15) is 326 Å². The van der Waals surface area contributed by atoms with E-state index in [1.807, 2.05) is 0 Å². The van der Waals surface area contributed by atoms with Crippen LogP contribution >= 0.6 is 0 Å². The number of hydrogen-bond acceptors (Lipinski definition) is 6. The molecule has 0 saturated carbocycles. The van der Waals surface area contributed by atoms with Crippen LogP contribution in [0.15, 0.2) is 6.07 Å². The summed E-state index contributed by atoms with van der Waals surface area (Å²) in [6.45, 7) is 11.1. The molecule has 0 fully saturated rings. The second-order valence-corrected chi connectivity index (χ2v) is 21.0. The molecular weight excluding hydrogens is 857 g/mol. The van der Waals surface area contributed by atoms with Crippen molar-refractivity contribution in [2.24, 2.45) is 0 Å². The van der Waals surface area contributed by atoms with E-state index in [0.717, 1.165) is 51.4 Å². The average Bonchev–Trinajstić information content (AvgIpc) is 3.34. The molecule has 0 saturated heterocycles. The molecule has 0 heterocycles. The van der Waals surface area contributed by atoms with E-state index in [0.29, 0.717) is 49.2 Å². The Bertz CT molecular complexity index is 1240. The summed E-state index contributed by atoms with van der Waals surface area (Å²) in [6.07, 6.45) is 55.3. The Morgan fingerprint density at radius 2 is 0.681 bits per heavy atom. The van der Waals surface area contributed by atoms with Crippen molar-refractivity contribution >= 4 is 5.97 Å². The Balaban J connectivity index is 2.93. The molecule has 0 aliphatic heterocycles. The van der Waals surface area contributed by atoms with Gasteiger partial charge in [-0.2, -0.15) is 0 Å². The summed E-state index contributed by atoms with van der Waals surface area (Å²) in [6, 6.07) is 1.63. The number of unbranched alkanes of at least 4 members (excludes halogenated alkanes) is 40. The molecule has 7 heteroatoms. The molecule has 0 amide bonds. The first-order valence-electron chi connectivity index (χ1n) is 30.6. The topological polar surface area (TPSA) is 94.5 Å². The highest BCUT2D eigenvalue weighted by molar-refractivity contribution is 5.92. The largest absolute Gasteiger partial charge is 0.490 e. The van der Waals surface area contributed by atoms with Crippen molar-refractivity contribution in [1.29, 1.82) is 0 Å². The number of aliphatic hydroxyl groups is 1. The van der Waals surface area contributed by atoms with Gasteiger partial charge in [0.15, 0.2) is 11.5 Å². The monoisotopic (exact) mass is 973 g/mol. The van der Waals surface area contributed by atoms with Gasteiger partial charge in [-0.15, -0.1) is 0 Å². The van der Waals surface area contributed by atoms with Gasteiger partial charge in [0.05, 0.1) is 38.1 Å². The van der Waals surface area contributed by atoms with E-state index in [1.54, 1.807) is 6.07 Å². The van der Waals surface area contributed by atoms with Crippen LogP contribution in [0.4, 0.5) is 0 Å². The van der Waals surface area contributed by atoms with Crippen molar-refractivity contribution in [1.82, 2.24) is 0 Å². The lowest BCUT2D eigenvalue weighted by atomic mass is 9.98. The highest BCUT2D eigenvalue weighted by atomic mass is 16.5. The molecule has 0 aliphatic carbocycles. The van der Waals surface area contributed by atoms with Gasteiger partial charge >= 0.3 is 5.97 Å². The van der Waals surface area contributed by atoms with Gasteiger partial charge in [-0.05, 0) is 31.7 Å². The number of aliphatic hydroxyl groups excluding tert-OH is 1. The van der Waals surface area contributed by atoms with Crippen molar-refractivity contribution < 1.29 is 34.0 Å². The third-order valence-corrected chi connectivity index (χ3v) is 14.2. The smallest absolute Gasteiger partial charge is 0.336 e. The molecule has 2 N–H and O–H groups in total. The maximum absolute atomic E-state index is 13.0. The van der Waals surface area contributed by atoms with E-state index in [-0.39, 0.29) is 18.6 Å². The molecule has 1 aromatic carbocycles. The van der Waals surface area contributed by atoms with Crippen LogP contribution in [0, 0.1) is 0 Å². The summed E-state index contributed by atoms with van der Waals surface area (Å²) in [5.74, 6) is 0.323. The Hall–Kier alpha value is -1.99.